The number of thiocarbonyl (C=S) groups is 1. The number of rotatable bonds is 8. The first kappa shape index (κ1) is 16.3. The second kappa shape index (κ2) is 8.38. The number of ether oxygens (including phenoxy) is 1. The fourth-order valence-corrected chi connectivity index (χ4v) is 1.58. The quantitative estimate of drug-likeness (QED) is 0.628. The molecule has 0 saturated heterocycles. The average Bonchev–Trinajstić information content (AvgIpc) is 2.27. The minimum Gasteiger partial charge on any atom is -0.393 e. The van der Waals surface area contributed by atoms with Crippen molar-refractivity contribution in [2.24, 2.45) is 5.73 Å². The van der Waals surface area contributed by atoms with Crippen LogP contribution in [-0.2, 0) is 9.53 Å². The number of nitrogens with two attached hydrogens (primary N) is 1. The maximum Gasteiger partial charge on any atom is 0.239 e. The molecule has 0 bridgehead atoms. The second-order valence-electron chi connectivity index (χ2n) is 4.15. The third kappa shape index (κ3) is 6.55. The van der Waals surface area contributed by atoms with Crippen molar-refractivity contribution >= 4 is 23.1 Å². The van der Waals surface area contributed by atoms with Crippen LogP contribution in [0.5, 0.6) is 0 Å². The highest BCUT2D eigenvalue weighted by molar-refractivity contribution is 7.80. The summed E-state index contributed by atoms with van der Waals surface area (Å²) in [6.45, 7) is 3.85. The molecule has 0 rings (SSSR count). The van der Waals surface area contributed by atoms with Crippen molar-refractivity contribution in [3.8, 4) is 0 Å². The summed E-state index contributed by atoms with van der Waals surface area (Å²) in [5.41, 5.74) is 5.48. The predicted octanol–water partition coefficient (Wildman–Crippen LogP) is 0.0877. The van der Waals surface area contributed by atoms with Crippen molar-refractivity contribution in [3.05, 3.63) is 0 Å². The van der Waals surface area contributed by atoms with E-state index in [1.165, 1.54) is 0 Å². The van der Waals surface area contributed by atoms with Gasteiger partial charge < -0.3 is 15.4 Å². The van der Waals surface area contributed by atoms with E-state index in [0.29, 0.717) is 31.1 Å². The number of hydrogen-bond acceptors (Lipinski definition) is 4. The molecule has 0 fully saturated rings. The molecule has 5 nitrogen and oxygen atoms in total. The summed E-state index contributed by atoms with van der Waals surface area (Å²) in [7, 11) is 5.14. The van der Waals surface area contributed by atoms with Crippen molar-refractivity contribution in [2.75, 3.05) is 40.9 Å². The molecule has 1 atom stereocenters. The molecule has 6 heteroatoms. The van der Waals surface area contributed by atoms with Gasteiger partial charge in [0.1, 0.15) is 0 Å². The number of hydrogen-bond donors (Lipinski definition) is 1. The van der Waals surface area contributed by atoms with E-state index in [2.05, 4.69) is 0 Å². The van der Waals surface area contributed by atoms with Crippen LogP contribution in [0.25, 0.3) is 0 Å². The van der Waals surface area contributed by atoms with Crippen LogP contribution in [0, 0.1) is 0 Å². The number of likely N-dealkylation sites (N-methyl/N-ethyl adjacent to an activating group) is 1. The Bertz CT molecular complexity index is 259. The Hall–Kier alpha value is -0.720. The topological polar surface area (TPSA) is 58.8 Å². The van der Waals surface area contributed by atoms with E-state index in [9.17, 15) is 4.79 Å². The van der Waals surface area contributed by atoms with Crippen LogP contribution >= 0.6 is 12.2 Å². The van der Waals surface area contributed by atoms with Gasteiger partial charge in [-0.2, -0.15) is 0 Å². The van der Waals surface area contributed by atoms with Gasteiger partial charge in [-0.05, 0) is 6.92 Å². The Labute approximate surface area is 109 Å². The van der Waals surface area contributed by atoms with E-state index >= 15 is 0 Å². The molecule has 0 aromatic rings. The Morgan fingerprint density at radius 2 is 2.00 bits per heavy atom. The summed E-state index contributed by atoms with van der Waals surface area (Å²) < 4.78 is 5.04. The molecular formula is C11H23N3O2S. The van der Waals surface area contributed by atoms with Gasteiger partial charge >= 0.3 is 0 Å². The van der Waals surface area contributed by atoms with Gasteiger partial charge in [0, 0.05) is 40.7 Å². The van der Waals surface area contributed by atoms with Crippen LogP contribution in [0.4, 0.5) is 0 Å². The molecule has 1 unspecified atom stereocenters. The highest BCUT2D eigenvalue weighted by Gasteiger charge is 2.22. The van der Waals surface area contributed by atoms with Gasteiger partial charge in [-0.3, -0.25) is 9.69 Å². The number of methoxy groups -OCH3 is 1. The van der Waals surface area contributed by atoms with Crippen LogP contribution in [0.15, 0.2) is 0 Å². The van der Waals surface area contributed by atoms with Gasteiger partial charge in [0.2, 0.25) is 5.91 Å². The van der Waals surface area contributed by atoms with E-state index in [4.69, 9.17) is 22.7 Å². The highest BCUT2D eigenvalue weighted by Crippen LogP contribution is 2.03. The molecule has 1 amide bonds. The third-order valence-corrected chi connectivity index (χ3v) is 2.78. The number of carbonyl (C=O) groups is 1. The molecule has 0 aliphatic carbocycles. The van der Waals surface area contributed by atoms with Crippen LogP contribution < -0.4 is 5.73 Å². The number of nitrogens with zero attached hydrogens (tertiary/aromatic N) is 2. The molecule has 0 heterocycles. The van der Waals surface area contributed by atoms with Crippen molar-refractivity contribution < 1.29 is 9.53 Å². The van der Waals surface area contributed by atoms with Gasteiger partial charge in [-0.25, -0.2) is 0 Å². The zero-order chi connectivity index (χ0) is 13.4. The first-order valence-corrected chi connectivity index (χ1v) is 6.03. The zero-order valence-electron chi connectivity index (χ0n) is 11.1. The molecular weight excluding hydrogens is 238 g/mol. The SMILES string of the molecule is COCCN(CCC(N)=S)C(C)C(=O)N(C)C. The molecule has 0 saturated carbocycles. The molecule has 0 spiro atoms. The van der Waals surface area contributed by atoms with E-state index in [0.717, 1.165) is 0 Å². The van der Waals surface area contributed by atoms with Gasteiger partial charge in [0.25, 0.3) is 0 Å². The van der Waals surface area contributed by atoms with E-state index in [-0.39, 0.29) is 11.9 Å². The van der Waals surface area contributed by atoms with Crippen molar-refractivity contribution in [1.82, 2.24) is 9.80 Å². The highest BCUT2D eigenvalue weighted by atomic mass is 32.1. The Kier molecular flexibility index (Phi) is 8.03. The van der Waals surface area contributed by atoms with Crippen LogP contribution in [-0.4, -0.2) is 67.6 Å². The fraction of sp³-hybridized carbons (Fsp3) is 0.818. The average molecular weight is 261 g/mol. The van der Waals surface area contributed by atoms with Gasteiger partial charge in [0.05, 0.1) is 17.6 Å². The van der Waals surface area contributed by atoms with Crippen molar-refractivity contribution in [2.45, 2.75) is 19.4 Å². The Morgan fingerprint density at radius 3 is 2.41 bits per heavy atom. The van der Waals surface area contributed by atoms with Crippen LogP contribution in [0.3, 0.4) is 0 Å². The summed E-state index contributed by atoms with van der Waals surface area (Å²) in [4.78, 5) is 16.0. The lowest BCUT2D eigenvalue weighted by atomic mass is 10.2. The smallest absolute Gasteiger partial charge is 0.239 e. The lowest BCUT2D eigenvalue weighted by molar-refractivity contribution is -0.134. The predicted molar refractivity (Wildman–Crippen MR) is 73.0 cm³/mol. The fourth-order valence-electron chi connectivity index (χ4n) is 1.49. The summed E-state index contributed by atoms with van der Waals surface area (Å²) in [5.74, 6) is 0.0732. The summed E-state index contributed by atoms with van der Waals surface area (Å²) in [6.07, 6.45) is 0.615. The van der Waals surface area contributed by atoms with Gasteiger partial charge in [-0.1, -0.05) is 12.2 Å². The van der Waals surface area contributed by atoms with Crippen molar-refractivity contribution in [1.29, 1.82) is 0 Å². The third-order valence-electron chi connectivity index (χ3n) is 2.57. The molecule has 0 aromatic carbocycles. The molecule has 0 aliphatic heterocycles. The summed E-state index contributed by atoms with van der Waals surface area (Å²) >= 11 is 4.85. The van der Waals surface area contributed by atoms with E-state index in [1.807, 2.05) is 11.8 Å². The number of amides is 1. The molecule has 2 N–H and O–H groups in total. The molecule has 0 aliphatic rings. The Morgan fingerprint density at radius 1 is 1.41 bits per heavy atom. The maximum absolute atomic E-state index is 11.9. The molecule has 0 radical (unpaired) electrons. The summed E-state index contributed by atoms with van der Waals surface area (Å²) in [6, 6.07) is -0.186. The number of carbonyl (C=O) groups excluding carboxylic acids is 1. The lowest BCUT2D eigenvalue weighted by Crippen LogP contribution is -2.46. The Balaban J connectivity index is 4.43. The minimum absolute atomic E-state index is 0.0732. The second-order valence-corrected chi connectivity index (χ2v) is 4.68. The summed E-state index contributed by atoms with van der Waals surface area (Å²) in [5, 5.41) is 0. The lowest BCUT2D eigenvalue weighted by Gasteiger charge is -2.29. The standard InChI is InChI=1S/C11H23N3O2S/c1-9(11(15)13(2)3)14(7-8-16-4)6-5-10(12)17/h9H,5-8H2,1-4H3,(H2,12,17). The molecule has 0 aromatic heterocycles. The minimum atomic E-state index is -0.186. The van der Waals surface area contributed by atoms with Crippen LogP contribution in [0.1, 0.15) is 13.3 Å². The molecule has 17 heavy (non-hydrogen) atoms. The largest absolute Gasteiger partial charge is 0.393 e. The van der Waals surface area contributed by atoms with E-state index in [1.54, 1.807) is 26.1 Å². The maximum atomic E-state index is 11.9. The first-order valence-electron chi connectivity index (χ1n) is 5.62. The first-order chi connectivity index (χ1) is 7.90. The normalized spacial score (nSPS) is 12.5. The van der Waals surface area contributed by atoms with Gasteiger partial charge in [-0.15, -0.1) is 0 Å². The molecule has 100 valence electrons. The monoisotopic (exact) mass is 261 g/mol. The van der Waals surface area contributed by atoms with Crippen LogP contribution in [0.2, 0.25) is 0 Å². The zero-order valence-corrected chi connectivity index (χ0v) is 11.9. The van der Waals surface area contributed by atoms with Crippen molar-refractivity contribution in [3.63, 3.8) is 0 Å². The van der Waals surface area contributed by atoms with Gasteiger partial charge in [0.15, 0.2) is 0 Å². The van der Waals surface area contributed by atoms with E-state index < -0.39 is 0 Å².